The van der Waals surface area contributed by atoms with Gasteiger partial charge in [0.1, 0.15) is 28.8 Å². The summed E-state index contributed by atoms with van der Waals surface area (Å²) in [5.74, 6) is -1.11. The predicted octanol–water partition coefficient (Wildman–Crippen LogP) is 4.80. The lowest BCUT2D eigenvalue weighted by Crippen LogP contribution is -2.65. The maximum Gasteiger partial charge on any atom is 0.482 e. The molecule has 3 saturated carbocycles. The molecule has 1 amide bonds. The van der Waals surface area contributed by atoms with Crippen molar-refractivity contribution in [1.82, 2.24) is 5.32 Å². The van der Waals surface area contributed by atoms with Crippen LogP contribution >= 0.6 is 0 Å². The number of rotatable bonds is 10. The monoisotopic (exact) mass is 640 g/mol. The molecule has 3 N–H and O–H groups in total. The Morgan fingerprint density at radius 3 is 2.37 bits per heavy atom. The van der Waals surface area contributed by atoms with Crippen molar-refractivity contribution in [1.29, 1.82) is 0 Å². The molecule has 4 fully saturated rings. The molecule has 4 aliphatic rings. The van der Waals surface area contributed by atoms with Gasteiger partial charge >= 0.3 is 13.1 Å². The fraction of sp³-hybridized carbons (Fsp3) is 0.588. The minimum absolute atomic E-state index is 0.0164. The molecule has 1 aliphatic heterocycles. The highest BCUT2D eigenvalue weighted by Gasteiger charge is 2.68. The van der Waals surface area contributed by atoms with Crippen LogP contribution in [0.5, 0.6) is 17.2 Å². The standard InChI is InChI=1S/C34H46BFN2O8/c1-32(2,3)44-31(40)27-21(36)12-10-19(29(27)43-9)15-26(35-45-25-17-20-16-24(33(20,4)5)34(25,6)46-35)38-30(39)28(37)18-11-13-22(41-7)23(14-18)42-8/h10-14,20,24-26,28H,15-17,37H2,1-9H3,(H,38,39)/t20-,24-,25+,26?,28?,34-/m0/s1. The van der Waals surface area contributed by atoms with Crippen LogP contribution in [0.25, 0.3) is 0 Å². The summed E-state index contributed by atoms with van der Waals surface area (Å²) in [7, 11) is 3.55. The van der Waals surface area contributed by atoms with Crippen LogP contribution in [0.1, 0.15) is 81.9 Å². The van der Waals surface area contributed by atoms with Gasteiger partial charge in [-0.25, -0.2) is 9.18 Å². The van der Waals surface area contributed by atoms with Crippen LogP contribution in [-0.2, 0) is 25.3 Å². The van der Waals surface area contributed by atoms with Crippen LogP contribution in [0, 0.1) is 23.1 Å². The SMILES string of the molecule is COc1ccc(C(N)C(=O)NC(Cc2ccc(F)c(C(=O)OC(C)(C)C)c2OC)B2O[C@@H]3C[C@@H]4C[C@@H](C4(C)C)[C@]3(C)O2)cc1OC. The van der Waals surface area contributed by atoms with Crippen molar-refractivity contribution in [2.24, 2.45) is 23.0 Å². The first-order valence-corrected chi connectivity index (χ1v) is 15.7. The number of hydrogen-bond acceptors (Lipinski definition) is 9. The first kappa shape index (κ1) is 34.0. The predicted molar refractivity (Wildman–Crippen MR) is 170 cm³/mol. The topological polar surface area (TPSA) is 128 Å². The van der Waals surface area contributed by atoms with Crippen molar-refractivity contribution in [2.75, 3.05) is 21.3 Å². The van der Waals surface area contributed by atoms with Gasteiger partial charge in [0.25, 0.3) is 0 Å². The summed E-state index contributed by atoms with van der Waals surface area (Å²) >= 11 is 0. The number of halogens is 1. The Morgan fingerprint density at radius 1 is 1.07 bits per heavy atom. The third-order valence-corrected chi connectivity index (χ3v) is 10.1. The quantitative estimate of drug-likeness (QED) is 0.278. The molecule has 3 aliphatic carbocycles. The largest absolute Gasteiger partial charge is 0.495 e. The van der Waals surface area contributed by atoms with Gasteiger partial charge in [-0.05, 0) is 93.5 Å². The van der Waals surface area contributed by atoms with E-state index in [0.717, 1.165) is 12.8 Å². The Kier molecular flexibility index (Phi) is 9.13. The van der Waals surface area contributed by atoms with Crippen molar-refractivity contribution in [2.45, 2.75) is 90.1 Å². The van der Waals surface area contributed by atoms with Gasteiger partial charge in [0.2, 0.25) is 5.91 Å². The molecular weight excluding hydrogens is 594 g/mol. The molecular formula is C34H46BFN2O8. The zero-order valence-corrected chi connectivity index (χ0v) is 28.2. The number of carbonyl (C=O) groups excluding carboxylic acids is 2. The van der Waals surface area contributed by atoms with E-state index in [9.17, 15) is 9.59 Å². The fourth-order valence-electron chi connectivity index (χ4n) is 7.51. The average Bonchev–Trinajstić information content (AvgIpc) is 3.36. The summed E-state index contributed by atoms with van der Waals surface area (Å²) in [6, 6.07) is 6.69. The molecule has 46 heavy (non-hydrogen) atoms. The number of nitrogens with one attached hydrogen (secondary N) is 1. The van der Waals surface area contributed by atoms with Gasteiger partial charge in [-0.2, -0.15) is 0 Å². The number of carbonyl (C=O) groups is 2. The number of esters is 1. The molecule has 0 aromatic heterocycles. The lowest BCUT2D eigenvalue weighted by atomic mass is 9.43. The fourth-order valence-corrected chi connectivity index (χ4v) is 7.51. The van der Waals surface area contributed by atoms with E-state index in [1.54, 1.807) is 39.0 Å². The summed E-state index contributed by atoms with van der Waals surface area (Å²) in [6.07, 6.45) is 1.85. The zero-order chi connectivity index (χ0) is 33.8. The molecule has 1 heterocycles. The highest BCUT2D eigenvalue weighted by Crippen LogP contribution is 2.65. The van der Waals surface area contributed by atoms with E-state index in [-0.39, 0.29) is 29.3 Å². The number of ether oxygens (including phenoxy) is 4. The Bertz CT molecular complexity index is 1500. The summed E-state index contributed by atoms with van der Waals surface area (Å²) in [4.78, 5) is 26.9. The molecule has 6 atom stereocenters. The third-order valence-electron chi connectivity index (χ3n) is 10.1. The van der Waals surface area contributed by atoms with Crippen LogP contribution in [0.2, 0.25) is 0 Å². The number of hydrogen-bond donors (Lipinski definition) is 2. The van der Waals surface area contributed by atoms with E-state index < -0.39 is 48.0 Å². The van der Waals surface area contributed by atoms with Crippen molar-refractivity contribution >= 4 is 19.0 Å². The van der Waals surface area contributed by atoms with Crippen LogP contribution < -0.4 is 25.3 Å². The minimum atomic E-state index is -1.07. The molecule has 250 valence electrons. The second-order valence-electron chi connectivity index (χ2n) is 14.4. The van der Waals surface area contributed by atoms with Gasteiger partial charge in [-0.3, -0.25) is 4.79 Å². The second-order valence-corrected chi connectivity index (χ2v) is 14.4. The minimum Gasteiger partial charge on any atom is -0.495 e. The van der Waals surface area contributed by atoms with Crippen LogP contribution in [0.4, 0.5) is 4.39 Å². The Morgan fingerprint density at radius 2 is 1.76 bits per heavy atom. The molecule has 12 heteroatoms. The molecule has 0 radical (unpaired) electrons. The number of nitrogens with two attached hydrogens (primary N) is 1. The molecule has 1 saturated heterocycles. The van der Waals surface area contributed by atoms with Gasteiger partial charge in [0.15, 0.2) is 11.5 Å². The second kappa shape index (κ2) is 12.4. The zero-order valence-electron chi connectivity index (χ0n) is 28.2. The summed E-state index contributed by atoms with van der Waals surface area (Å²) in [5, 5.41) is 3.05. The lowest BCUT2D eigenvalue weighted by molar-refractivity contribution is -0.199. The Hall–Kier alpha value is -3.35. The highest BCUT2D eigenvalue weighted by molar-refractivity contribution is 6.48. The maximum absolute atomic E-state index is 15.1. The number of amides is 1. The van der Waals surface area contributed by atoms with Crippen LogP contribution in [0.3, 0.4) is 0 Å². The molecule has 2 bridgehead atoms. The maximum atomic E-state index is 15.1. The van der Waals surface area contributed by atoms with Crippen LogP contribution in [-0.4, -0.2) is 63.6 Å². The lowest BCUT2D eigenvalue weighted by Gasteiger charge is -2.64. The van der Waals surface area contributed by atoms with Gasteiger partial charge in [0.05, 0.1) is 39.0 Å². The van der Waals surface area contributed by atoms with Crippen LogP contribution in [0.15, 0.2) is 30.3 Å². The first-order valence-electron chi connectivity index (χ1n) is 15.7. The molecule has 0 spiro atoms. The normalized spacial score (nSPS) is 25.9. The van der Waals surface area contributed by atoms with E-state index in [0.29, 0.717) is 34.5 Å². The molecule has 2 unspecified atom stereocenters. The first-order chi connectivity index (χ1) is 21.5. The van der Waals surface area contributed by atoms with Gasteiger partial charge in [0, 0.05) is 0 Å². The number of benzene rings is 2. The van der Waals surface area contributed by atoms with Gasteiger partial charge in [-0.1, -0.05) is 26.0 Å². The van der Waals surface area contributed by atoms with E-state index in [2.05, 4.69) is 26.1 Å². The Balaban J connectivity index is 1.48. The molecule has 2 aromatic carbocycles. The van der Waals surface area contributed by atoms with E-state index >= 15 is 4.39 Å². The number of methoxy groups -OCH3 is 3. The van der Waals surface area contributed by atoms with Gasteiger partial charge < -0.3 is 39.3 Å². The smallest absolute Gasteiger partial charge is 0.482 e. The van der Waals surface area contributed by atoms with Crippen molar-refractivity contribution in [3.05, 3.63) is 52.8 Å². The summed E-state index contributed by atoms with van der Waals surface area (Å²) < 4.78 is 50.3. The third kappa shape index (κ3) is 6.07. The van der Waals surface area contributed by atoms with Crippen molar-refractivity contribution < 1.29 is 42.2 Å². The van der Waals surface area contributed by atoms with E-state index in [1.165, 1.54) is 33.5 Å². The average molecular weight is 641 g/mol. The summed E-state index contributed by atoms with van der Waals surface area (Å²) in [6.45, 7) is 11.7. The highest BCUT2D eigenvalue weighted by atomic mass is 19.1. The molecule has 2 aromatic rings. The van der Waals surface area contributed by atoms with E-state index in [4.69, 9.17) is 34.0 Å². The molecule has 6 rings (SSSR count). The van der Waals surface area contributed by atoms with Gasteiger partial charge in [-0.15, -0.1) is 0 Å². The van der Waals surface area contributed by atoms with E-state index in [1.807, 2.05) is 0 Å². The Labute approximate surface area is 270 Å². The van der Waals surface area contributed by atoms with Crippen molar-refractivity contribution in [3.63, 3.8) is 0 Å². The molecule has 10 nitrogen and oxygen atoms in total. The van der Waals surface area contributed by atoms with Crippen molar-refractivity contribution in [3.8, 4) is 17.2 Å². The summed E-state index contributed by atoms with van der Waals surface area (Å²) in [5.41, 5.74) is 5.84.